The van der Waals surface area contributed by atoms with E-state index < -0.39 is 12.0 Å². The van der Waals surface area contributed by atoms with E-state index in [0.29, 0.717) is 5.75 Å². The monoisotopic (exact) mass is 299 g/mol. The molecule has 5 heteroatoms. The zero-order valence-electron chi connectivity index (χ0n) is 9.23. The van der Waals surface area contributed by atoms with Gasteiger partial charge in [-0.25, -0.2) is 0 Å². The molecule has 1 amide bonds. The topological polar surface area (TPSA) is 72.6 Å². The highest BCUT2D eigenvalue weighted by atomic mass is 79.9. The lowest BCUT2D eigenvalue weighted by Crippen LogP contribution is -2.22. The Kier molecular flexibility index (Phi) is 5.18. The number of benzene rings is 1. The molecule has 92 valence electrons. The summed E-state index contributed by atoms with van der Waals surface area (Å²) in [4.78, 5) is 10.7. The van der Waals surface area contributed by atoms with Crippen LogP contribution in [0.2, 0.25) is 0 Å². The van der Waals surface area contributed by atoms with Crippen LogP contribution < -0.4 is 10.5 Å². The van der Waals surface area contributed by atoms with Crippen LogP contribution in [0.25, 0.3) is 0 Å². The van der Waals surface area contributed by atoms with E-state index in [4.69, 9.17) is 10.5 Å². The molecule has 0 aliphatic heterocycles. The van der Waals surface area contributed by atoms with Crippen molar-refractivity contribution in [2.45, 2.75) is 12.5 Å². The molecule has 1 atom stereocenters. The lowest BCUT2D eigenvalue weighted by atomic mass is 10.1. The van der Waals surface area contributed by atoms with Crippen LogP contribution in [-0.2, 0) is 4.79 Å². The van der Waals surface area contributed by atoms with Crippen LogP contribution in [0.5, 0.6) is 5.75 Å². The van der Waals surface area contributed by atoms with E-state index in [1.54, 1.807) is 12.1 Å². The SMILES string of the molecule is C=C(CC(O)COc1ccc(Br)cc1)C(N)=O. The Labute approximate surface area is 108 Å². The number of hydrogen-bond donors (Lipinski definition) is 2. The fourth-order valence-electron chi connectivity index (χ4n) is 1.17. The first-order valence-corrected chi connectivity index (χ1v) is 5.82. The lowest BCUT2D eigenvalue weighted by molar-refractivity contribution is -0.114. The largest absolute Gasteiger partial charge is 0.491 e. The second-order valence-corrected chi connectivity index (χ2v) is 4.51. The molecule has 0 aromatic heterocycles. The fourth-order valence-corrected chi connectivity index (χ4v) is 1.43. The van der Waals surface area contributed by atoms with E-state index in [2.05, 4.69) is 22.5 Å². The first-order valence-electron chi connectivity index (χ1n) is 5.03. The second kappa shape index (κ2) is 6.42. The number of ether oxygens (including phenoxy) is 1. The summed E-state index contributed by atoms with van der Waals surface area (Å²) in [6, 6.07) is 7.23. The number of halogens is 1. The van der Waals surface area contributed by atoms with Gasteiger partial charge >= 0.3 is 0 Å². The number of aliphatic hydroxyl groups is 1. The van der Waals surface area contributed by atoms with Crippen molar-refractivity contribution in [3.63, 3.8) is 0 Å². The number of aliphatic hydroxyl groups excluding tert-OH is 1. The zero-order chi connectivity index (χ0) is 12.8. The summed E-state index contributed by atoms with van der Waals surface area (Å²) in [6.07, 6.45) is -0.676. The average molecular weight is 300 g/mol. The molecule has 0 bridgehead atoms. The van der Waals surface area contributed by atoms with Gasteiger partial charge in [0.1, 0.15) is 12.4 Å². The minimum absolute atomic E-state index is 0.0912. The predicted octanol–water partition coefficient (Wildman–Crippen LogP) is 1.62. The Morgan fingerprint density at radius 1 is 1.47 bits per heavy atom. The van der Waals surface area contributed by atoms with E-state index in [9.17, 15) is 9.90 Å². The molecule has 0 heterocycles. The van der Waals surface area contributed by atoms with Gasteiger partial charge < -0.3 is 15.6 Å². The molecule has 0 spiro atoms. The number of primary amides is 1. The van der Waals surface area contributed by atoms with Crippen molar-refractivity contribution in [3.05, 3.63) is 40.9 Å². The molecule has 0 saturated carbocycles. The first-order chi connectivity index (χ1) is 7.99. The highest BCUT2D eigenvalue weighted by Gasteiger charge is 2.10. The third-order valence-corrected chi connectivity index (χ3v) is 2.62. The van der Waals surface area contributed by atoms with Crippen molar-refractivity contribution < 1.29 is 14.6 Å². The lowest BCUT2D eigenvalue weighted by Gasteiger charge is -2.12. The highest BCUT2D eigenvalue weighted by molar-refractivity contribution is 9.10. The molecule has 1 rings (SSSR count). The van der Waals surface area contributed by atoms with Crippen molar-refractivity contribution >= 4 is 21.8 Å². The Bertz CT molecular complexity index is 403. The average Bonchev–Trinajstić information content (AvgIpc) is 2.28. The van der Waals surface area contributed by atoms with Gasteiger partial charge in [-0.3, -0.25) is 4.79 Å². The standard InChI is InChI=1S/C12H14BrNO3/c1-8(12(14)16)6-10(15)7-17-11-4-2-9(13)3-5-11/h2-5,10,15H,1,6-7H2,(H2,14,16). The maximum absolute atomic E-state index is 10.7. The van der Waals surface area contributed by atoms with E-state index in [-0.39, 0.29) is 18.6 Å². The molecule has 0 aliphatic rings. The third kappa shape index (κ3) is 5.01. The first kappa shape index (κ1) is 13.7. The van der Waals surface area contributed by atoms with Gasteiger partial charge in [0, 0.05) is 16.5 Å². The Morgan fingerprint density at radius 2 is 2.06 bits per heavy atom. The third-order valence-electron chi connectivity index (χ3n) is 2.09. The van der Waals surface area contributed by atoms with Crippen molar-refractivity contribution in [1.82, 2.24) is 0 Å². The predicted molar refractivity (Wildman–Crippen MR) is 68.6 cm³/mol. The number of amides is 1. The van der Waals surface area contributed by atoms with Crippen molar-refractivity contribution in [3.8, 4) is 5.75 Å². The van der Waals surface area contributed by atoms with Gasteiger partial charge in [0.05, 0.1) is 6.10 Å². The smallest absolute Gasteiger partial charge is 0.244 e. The van der Waals surface area contributed by atoms with Gasteiger partial charge in [0.15, 0.2) is 0 Å². The molecular weight excluding hydrogens is 286 g/mol. The molecule has 0 fully saturated rings. The van der Waals surface area contributed by atoms with Crippen LogP contribution in [-0.4, -0.2) is 23.7 Å². The molecule has 1 unspecified atom stereocenters. The fraction of sp³-hybridized carbons (Fsp3) is 0.250. The van der Waals surface area contributed by atoms with Crippen LogP contribution in [0, 0.1) is 0 Å². The van der Waals surface area contributed by atoms with Crippen molar-refractivity contribution in [2.24, 2.45) is 5.73 Å². The summed E-state index contributed by atoms with van der Waals surface area (Å²) in [7, 11) is 0. The normalized spacial score (nSPS) is 11.9. The minimum Gasteiger partial charge on any atom is -0.491 e. The van der Waals surface area contributed by atoms with E-state index in [1.165, 1.54) is 0 Å². The minimum atomic E-state index is -0.793. The summed E-state index contributed by atoms with van der Waals surface area (Å²) < 4.78 is 6.29. The van der Waals surface area contributed by atoms with Gasteiger partial charge in [-0.2, -0.15) is 0 Å². The maximum atomic E-state index is 10.7. The summed E-state index contributed by atoms with van der Waals surface area (Å²) in [5.74, 6) is 0.0460. The van der Waals surface area contributed by atoms with Crippen LogP contribution >= 0.6 is 15.9 Å². The van der Waals surface area contributed by atoms with Gasteiger partial charge in [-0.1, -0.05) is 22.5 Å². The molecule has 0 saturated heterocycles. The molecule has 17 heavy (non-hydrogen) atoms. The van der Waals surface area contributed by atoms with E-state index in [0.717, 1.165) is 4.47 Å². The quantitative estimate of drug-likeness (QED) is 0.784. The van der Waals surface area contributed by atoms with Gasteiger partial charge in [-0.05, 0) is 24.3 Å². The van der Waals surface area contributed by atoms with Crippen molar-refractivity contribution in [2.75, 3.05) is 6.61 Å². The van der Waals surface area contributed by atoms with E-state index in [1.807, 2.05) is 12.1 Å². The van der Waals surface area contributed by atoms with E-state index >= 15 is 0 Å². The van der Waals surface area contributed by atoms with Crippen LogP contribution in [0.15, 0.2) is 40.9 Å². The van der Waals surface area contributed by atoms with Gasteiger partial charge in [0.25, 0.3) is 0 Å². The molecule has 0 radical (unpaired) electrons. The number of carbonyl (C=O) groups is 1. The number of hydrogen-bond acceptors (Lipinski definition) is 3. The summed E-state index contributed by atoms with van der Waals surface area (Å²) in [6.45, 7) is 3.56. The number of rotatable bonds is 6. The highest BCUT2D eigenvalue weighted by Crippen LogP contribution is 2.16. The molecular formula is C12H14BrNO3. The molecule has 3 N–H and O–H groups in total. The Hall–Kier alpha value is -1.33. The second-order valence-electron chi connectivity index (χ2n) is 3.59. The molecule has 0 aliphatic carbocycles. The van der Waals surface area contributed by atoms with Crippen molar-refractivity contribution in [1.29, 1.82) is 0 Å². The molecule has 1 aromatic rings. The van der Waals surface area contributed by atoms with Crippen LogP contribution in [0.4, 0.5) is 0 Å². The zero-order valence-corrected chi connectivity index (χ0v) is 10.8. The summed E-state index contributed by atoms with van der Waals surface area (Å²) >= 11 is 3.31. The van der Waals surface area contributed by atoms with Gasteiger partial charge in [0.2, 0.25) is 5.91 Å². The van der Waals surface area contributed by atoms with Crippen LogP contribution in [0.1, 0.15) is 6.42 Å². The number of nitrogens with two attached hydrogens (primary N) is 1. The molecule has 1 aromatic carbocycles. The maximum Gasteiger partial charge on any atom is 0.244 e. The number of carbonyl (C=O) groups excluding carboxylic acids is 1. The van der Waals surface area contributed by atoms with Gasteiger partial charge in [-0.15, -0.1) is 0 Å². The molecule has 4 nitrogen and oxygen atoms in total. The Balaban J connectivity index is 2.38. The van der Waals surface area contributed by atoms with Crippen LogP contribution in [0.3, 0.4) is 0 Å². The summed E-state index contributed by atoms with van der Waals surface area (Å²) in [5, 5.41) is 9.58. The Morgan fingerprint density at radius 3 is 2.59 bits per heavy atom. The summed E-state index contributed by atoms with van der Waals surface area (Å²) in [5.41, 5.74) is 5.20.